The second-order valence-electron chi connectivity index (χ2n) is 5.89. The predicted octanol–water partition coefficient (Wildman–Crippen LogP) is 0.819. The Labute approximate surface area is 125 Å². The van der Waals surface area contributed by atoms with E-state index < -0.39 is 0 Å². The van der Waals surface area contributed by atoms with Crippen LogP contribution in [0.4, 0.5) is 0 Å². The molecule has 3 rings (SSSR count). The maximum absolute atomic E-state index is 12.1. The normalized spacial score (nSPS) is 22.2. The molecule has 1 saturated heterocycles. The minimum absolute atomic E-state index is 0.0450. The lowest BCUT2D eigenvalue weighted by molar-refractivity contribution is -0.134. The number of aryl methyl sites for hydroxylation is 1. The van der Waals surface area contributed by atoms with Gasteiger partial charge in [0.15, 0.2) is 6.61 Å². The summed E-state index contributed by atoms with van der Waals surface area (Å²) in [4.78, 5) is 16.2. The molecule has 0 aromatic heterocycles. The molecular formula is C16H22N2O3. The summed E-state index contributed by atoms with van der Waals surface area (Å²) < 4.78 is 5.62. The molecule has 21 heavy (non-hydrogen) atoms. The standard InChI is InChI=1S/C16H22N2O3/c1-17-6-8-18(9-7-17)16(20)11-21-13-3-4-14-12(10-13)2-5-15(14)19/h3-4,10,15,19H,2,5-9,11H2,1H3/t15-/m0/s1. The van der Waals surface area contributed by atoms with Crippen molar-refractivity contribution in [2.75, 3.05) is 39.8 Å². The zero-order chi connectivity index (χ0) is 14.8. The monoisotopic (exact) mass is 290 g/mol. The number of hydrogen-bond acceptors (Lipinski definition) is 4. The number of carbonyl (C=O) groups excluding carboxylic acids is 1. The Morgan fingerprint density at radius 2 is 2.10 bits per heavy atom. The number of piperazine rings is 1. The Bertz CT molecular complexity index is 524. The van der Waals surface area contributed by atoms with Gasteiger partial charge in [0, 0.05) is 26.2 Å². The fourth-order valence-corrected chi connectivity index (χ4v) is 2.95. The molecule has 1 aromatic rings. The molecular weight excluding hydrogens is 268 g/mol. The van der Waals surface area contributed by atoms with E-state index in [-0.39, 0.29) is 18.6 Å². The highest BCUT2D eigenvalue weighted by Gasteiger charge is 2.22. The van der Waals surface area contributed by atoms with Crippen molar-refractivity contribution in [3.63, 3.8) is 0 Å². The summed E-state index contributed by atoms with van der Waals surface area (Å²) in [6.45, 7) is 3.47. The lowest BCUT2D eigenvalue weighted by atomic mass is 10.1. The van der Waals surface area contributed by atoms with Crippen LogP contribution in [0.15, 0.2) is 18.2 Å². The van der Waals surface area contributed by atoms with Gasteiger partial charge in [-0.3, -0.25) is 4.79 Å². The van der Waals surface area contributed by atoms with Crippen molar-refractivity contribution in [3.8, 4) is 5.75 Å². The van der Waals surface area contributed by atoms with Gasteiger partial charge >= 0.3 is 0 Å². The highest BCUT2D eigenvalue weighted by molar-refractivity contribution is 5.77. The quantitative estimate of drug-likeness (QED) is 0.895. The molecule has 5 heteroatoms. The summed E-state index contributed by atoms with van der Waals surface area (Å²) in [6.07, 6.45) is 1.31. The highest BCUT2D eigenvalue weighted by Crippen LogP contribution is 2.33. The number of rotatable bonds is 3. The molecule has 0 spiro atoms. The van der Waals surface area contributed by atoms with Crippen LogP contribution in [-0.4, -0.2) is 60.6 Å². The molecule has 1 heterocycles. The van der Waals surface area contributed by atoms with Gasteiger partial charge in [-0.2, -0.15) is 0 Å². The third-order valence-corrected chi connectivity index (χ3v) is 4.38. The first kappa shape index (κ1) is 14.4. The molecule has 1 fully saturated rings. The van der Waals surface area contributed by atoms with Crippen LogP contribution < -0.4 is 4.74 Å². The topological polar surface area (TPSA) is 53.0 Å². The van der Waals surface area contributed by atoms with Crippen molar-refractivity contribution in [2.24, 2.45) is 0 Å². The number of amides is 1. The van der Waals surface area contributed by atoms with Crippen LogP contribution in [0.25, 0.3) is 0 Å². The van der Waals surface area contributed by atoms with Crippen LogP contribution in [0.2, 0.25) is 0 Å². The fraction of sp³-hybridized carbons (Fsp3) is 0.562. The molecule has 1 N–H and O–H groups in total. The molecule has 0 unspecified atom stereocenters. The molecule has 0 radical (unpaired) electrons. The average Bonchev–Trinajstić information content (AvgIpc) is 2.86. The van der Waals surface area contributed by atoms with Gasteiger partial charge in [-0.05, 0) is 43.1 Å². The van der Waals surface area contributed by atoms with Crippen LogP contribution in [0.5, 0.6) is 5.75 Å². The number of fused-ring (bicyclic) bond motifs is 1. The van der Waals surface area contributed by atoms with Crippen LogP contribution in [0.3, 0.4) is 0 Å². The third-order valence-electron chi connectivity index (χ3n) is 4.38. The molecule has 0 bridgehead atoms. The van der Waals surface area contributed by atoms with Gasteiger partial charge in [0.25, 0.3) is 5.91 Å². The Kier molecular flexibility index (Phi) is 4.12. The number of benzene rings is 1. The van der Waals surface area contributed by atoms with E-state index in [1.54, 1.807) is 0 Å². The smallest absolute Gasteiger partial charge is 0.260 e. The largest absolute Gasteiger partial charge is 0.484 e. The van der Waals surface area contributed by atoms with E-state index in [1.807, 2.05) is 23.1 Å². The van der Waals surface area contributed by atoms with Crippen LogP contribution in [0, 0.1) is 0 Å². The average molecular weight is 290 g/mol. The Balaban J connectivity index is 1.54. The van der Waals surface area contributed by atoms with E-state index in [0.717, 1.165) is 50.1 Å². The van der Waals surface area contributed by atoms with Gasteiger partial charge < -0.3 is 19.6 Å². The third kappa shape index (κ3) is 3.19. The highest BCUT2D eigenvalue weighted by atomic mass is 16.5. The van der Waals surface area contributed by atoms with E-state index >= 15 is 0 Å². The second-order valence-corrected chi connectivity index (χ2v) is 5.89. The predicted molar refractivity (Wildman–Crippen MR) is 79.3 cm³/mol. The van der Waals surface area contributed by atoms with Crippen molar-refractivity contribution in [3.05, 3.63) is 29.3 Å². The van der Waals surface area contributed by atoms with Crippen molar-refractivity contribution in [1.82, 2.24) is 9.80 Å². The van der Waals surface area contributed by atoms with E-state index in [9.17, 15) is 9.90 Å². The SMILES string of the molecule is CN1CCN(C(=O)COc2ccc3c(c2)CC[C@@H]3O)CC1. The first-order valence-corrected chi connectivity index (χ1v) is 7.53. The van der Waals surface area contributed by atoms with Gasteiger partial charge in [0.2, 0.25) is 0 Å². The van der Waals surface area contributed by atoms with E-state index in [1.165, 1.54) is 0 Å². The summed E-state index contributed by atoms with van der Waals surface area (Å²) in [6, 6.07) is 5.69. The number of hydrogen-bond donors (Lipinski definition) is 1. The van der Waals surface area contributed by atoms with Crippen molar-refractivity contribution >= 4 is 5.91 Å². The minimum atomic E-state index is -0.346. The number of likely N-dealkylation sites (N-methyl/N-ethyl adjacent to an activating group) is 1. The first-order valence-electron chi connectivity index (χ1n) is 7.53. The summed E-state index contributed by atoms with van der Waals surface area (Å²) in [5.74, 6) is 0.758. The van der Waals surface area contributed by atoms with Crippen LogP contribution in [-0.2, 0) is 11.2 Å². The van der Waals surface area contributed by atoms with Crippen molar-refractivity contribution in [1.29, 1.82) is 0 Å². The van der Waals surface area contributed by atoms with Gasteiger partial charge in [-0.25, -0.2) is 0 Å². The maximum Gasteiger partial charge on any atom is 0.260 e. The van der Waals surface area contributed by atoms with Gasteiger partial charge in [-0.15, -0.1) is 0 Å². The first-order chi connectivity index (χ1) is 10.1. The van der Waals surface area contributed by atoms with Gasteiger partial charge in [0.05, 0.1) is 6.10 Å². The summed E-state index contributed by atoms with van der Waals surface area (Å²) in [7, 11) is 2.07. The van der Waals surface area contributed by atoms with Crippen molar-refractivity contribution < 1.29 is 14.6 Å². The summed E-state index contributed by atoms with van der Waals surface area (Å²) in [5, 5.41) is 9.78. The summed E-state index contributed by atoms with van der Waals surface area (Å²) in [5.41, 5.74) is 2.12. The molecule has 1 aliphatic carbocycles. The lowest BCUT2D eigenvalue weighted by Crippen LogP contribution is -2.48. The zero-order valence-electron chi connectivity index (χ0n) is 12.4. The van der Waals surface area contributed by atoms with Crippen LogP contribution >= 0.6 is 0 Å². The second kappa shape index (κ2) is 6.03. The van der Waals surface area contributed by atoms with Crippen LogP contribution in [0.1, 0.15) is 23.7 Å². The minimum Gasteiger partial charge on any atom is -0.484 e. The molecule has 2 aliphatic rings. The van der Waals surface area contributed by atoms with E-state index in [4.69, 9.17) is 4.74 Å². The zero-order valence-corrected chi connectivity index (χ0v) is 12.4. The van der Waals surface area contributed by atoms with E-state index in [2.05, 4.69) is 11.9 Å². The lowest BCUT2D eigenvalue weighted by Gasteiger charge is -2.32. The molecule has 1 atom stereocenters. The van der Waals surface area contributed by atoms with Crippen molar-refractivity contribution in [2.45, 2.75) is 18.9 Å². The molecule has 1 amide bonds. The molecule has 1 aliphatic heterocycles. The number of ether oxygens (including phenoxy) is 1. The Morgan fingerprint density at radius 1 is 1.33 bits per heavy atom. The summed E-state index contributed by atoms with van der Waals surface area (Å²) >= 11 is 0. The Hall–Kier alpha value is -1.59. The number of carbonyl (C=O) groups is 1. The molecule has 114 valence electrons. The number of nitrogens with zero attached hydrogens (tertiary/aromatic N) is 2. The van der Waals surface area contributed by atoms with Gasteiger partial charge in [0.1, 0.15) is 5.75 Å². The molecule has 5 nitrogen and oxygen atoms in total. The fourth-order valence-electron chi connectivity index (χ4n) is 2.95. The molecule has 1 aromatic carbocycles. The van der Waals surface area contributed by atoms with Gasteiger partial charge in [-0.1, -0.05) is 6.07 Å². The Morgan fingerprint density at radius 3 is 2.86 bits per heavy atom. The maximum atomic E-state index is 12.1. The molecule has 0 saturated carbocycles. The number of aliphatic hydroxyl groups is 1. The number of aliphatic hydroxyl groups excluding tert-OH is 1. The van der Waals surface area contributed by atoms with E-state index in [0.29, 0.717) is 5.75 Å².